The maximum absolute atomic E-state index is 11.7. The largest absolute Gasteiger partial charge is 0.493 e. The average Bonchev–Trinajstić information content (AvgIpc) is 2.55. The predicted octanol–water partition coefficient (Wildman–Crippen LogP) is 1.98. The van der Waals surface area contributed by atoms with Crippen molar-refractivity contribution in [2.75, 3.05) is 47.0 Å². The fraction of sp³-hybridized carbons (Fsp3) is 0.562. The minimum Gasteiger partial charge on any atom is -0.493 e. The lowest BCUT2D eigenvalue weighted by molar-refractivity contribution is 0.0776. The summed E-state index contributed by atoms with van der Waals surface area (Å²) in [5, 5.41) is 0. The number of amides is 1. The zero-order chi connectivity index (χ0) is 15.9. The van der Waals surface area contributed by atoms with Gasteiger partial charge in [-0.2, -0.15) is 0 Å². The molecule has 1 aromatic rings. The quantitative estimate of drug-likeness (QED) is 0.832. The van der Waals surface area contributed by atoms with Crippen LogP contribution >= 0.6 is 0 Å². The molecule has 0 N–H and O–H groups in total. The molecule has 0 aliphatic carbocycles. The van der Waals surface area contributed by atoms with E-state index in [1.165, 1.54) is 0 Å². The molecule has 6 heteroatoms. The standard InChI is InChI=1S/C16H24N2O4/c1-4-22-16(19)18-10-8-17(9-11-18)12-13-6-5-7-14(20-2)15(13)21-3/h5-7H,4,8-12H2,1-3H3. The van der Waals surface area contributed by atoms with Crippen LogP contribution in [0.4, 0.5) is 4.79 Å². The Bertz CT molecular complexity index is 499. The summed E-state index contributed by atoms with van der Waals surface area (Å²) in [6.07, 6.45) is -0.221. The van der Waals surface area contributed by atoms with E-state index in [4.69, 9.17) is 14.2 Å². The van der Waals surface area contributed by atoms with Crippen LogP contribution in [0.3, 0.4) is 0 Å². The lowest BCUT2D eigenvalue weighted by Crippen LogP contribution is -2.48. The fourth-order valence-electron chi connectivity index (χ4n) is 2.62. The third kappa shape index (κ3) is 3.82. The zero-order valence-electron chi connectivity index (χ0n) is 13.5. The van der Waals surface area contributed by atoms with E-state index in [0.717, 1.165) is 36.7 Å². The molecule has 0 spiro atoms. The highest BCUT2D eigenvalue weighted by Gasteiger charge is 2.23. The summed E-state index contributed by atoms with van der Waals surface area (Å²) in [7, 11) is 3.29. The molecule has 0 aromatic heterocycles. The van der Waals surface area contributed by atoms with Gasteiger partial charge in [0, 0.05) is 38.3 Å². The van der Waals surface area contributed by atoms with Crippen molar-refractivity contribution >= 4 is 6.09 Å². The van der Waals surface area contributed by atoms with E-state index in [0.29, 0.717) is 19.7 Å². The maximum Gasteiger partial charge on any atom is 0.409 e. The maximum atomic E-state index is 11.7. The molecule has 1 heterocycles. The number of hydrogen-bond donors (Lipinski definition) is 0. The molecule has 1 saturated heterocycles. The number of para-hydroxylation sites is 1. The van der Waals surface area contributed by atoms with E-state index in [2.05, 4.69) is 4.90 Å². The number of hydrogen-bond acceptors (Lipinski definition) is 5. The lowest BCUT2D eigenvalue weighted by atomic mass is 10.1. The molecule has 6 nitrogen and oxygen atoms in total. The zero-order valence-corrected chi connectivity index (χ0v) is 13.5. The van der Waals surface area contributed by atoms with Gasteiger partial charge in [0.05, 0.1) is 20.8 Å². The van der Waals surface area contributed by atoms with Gasteiger partial charge in [-0.05, 0) is 13.0 Å². The van der Waals surface area contributed by atoms with Crippen molar-refractivity contribution in [2.24, 2.45) is 0 Å². The van der Waals surface area contributed by atoms with Gasteiger partial charge in [0.1, 0.15) is 0 Å². The summed E-state index contributed by atoms with van der Waals surface area (Å²) in [5.41, 5.74) is 1.09. The number of nitrogens with zero attached hydrogens (tertiary/aromatic N) is 2. The van der Waals surface area contributed by atoms with Crippen molar-refractivity contribution in [1.29, 1.82) is 0 Å². The Hall–Kier alpha value is -1.95. The average molecular weight is 308 g/mol. The molecule has 22 heavy (non-hydrogen) atoms. The molecule has 122 valence electrons. The van der Waals surface area contributed by atoms with Crippen molar-refractivity contribution in [3.63, 3.8) is 0 Å². The summed E-state index contributed by atoms with van der Waals surface area (Å²) >= 11 is 0. The van der Waals surface area contributed by atoms with Gasteiger partial charge in [-0.1, -0.05) is 12.1 Å². The summed E-state index contributed by atoms with van der Waals surface area (Å²) in [6.45, 7) is 6.02. The molecule has 1 fully saturated rings. The van der Waals surface area contributed by atoms with E-state index in [-0.39, 0.29) is 6.09 Å². The molecule has 0 saturated carbocycles. The summed E-state index contributed by atoms with van der Waals surface area (Å²) < 4.78 is 15.8. The summed E-state index contributed by atoms with van der Waals surface area (Å²) in [6, 6.07) is 5.89. The molecule has 2 rings (SSSR count). The Labute approximate surface area is 131 Å². The first-order valence-electron chi connectivity index (χ1n) is 7.53. The topological polar surface area (TPSA) is 51.2 Å². The van der Waals surface area contributed by atoms with Gasteiger partial charge in [0.15, 0.2) is 11.5 Å². The van der Waals surface area contributed by atoms with Gasteiger partial charge in [0.25, 0.3) is 0 Å². The Morgan fingerprint density at radius 2 is 1.86 bits per heavy atom. The number of benzene rings is 1. The second kappa shape index (κ2) is 7.89. The number of methoxy groups -OCH3 is 2. The van der Waals surface area contributed by atoms with E-state index >= 15 is 0 Å². The molecule has 1 aliphatic rings. The van der Waals surface area contributed by atoms with Gasteiger partial charge in [0.2, 0.25) is 0 Å². The van der Waals surface area contributed by atoms with Crippen LogP contribution in [-0.4, -0.2) is 62.9 Å². The molecule has 0 atom stereocenters. The van der Waals surface area contributed by atoms with Crippen LogP contribution in [0.1, 0.15) is 12.5 Å². The number of ether oxygens (including phenoxy) is 3. The molecular weight excluding hydrogens is 284 g/mol. The van der Waals surface area contributed by atoms with E-state index in [1.807, 2.05) is 25.1 Å². The summed E-state index contributed by atoms with van der Waals surface area (Å²) in [4.78, 5) is 15.7. The molecule has 0 bridgehead atoms. The first-order chi connectivity index (χ1) is 10.7. The van der Waals surface area contributed by atoms with Gasteiger partial charge < -0.3 is 19.1 Å². The highest BCUT2D eigenvalue weighted by Crippen LogP contribution is 2.31. The first-order valence-corrected chi connectivity index (χ1v) is 7.53. The van der Waals surface area contributed by atoms with Crippen molar-refractivity contribution in [1.82, 2.24) is 9.80 Å². The van der Waals surface area contributed by atoms with Crippen LogP contribution in [0.15, 0.2) is 18.2 Å². The third-order valence-corrected chi connectivity index (χ3v) is 3.78. The van der Waals surface area contributed by atoms with Crippen molar-refractivity contribution < 1.29 is 19.0 Å². The Morgan fingerprint density at radius 3 is 2.45 bits per heavy atom. The highest BCUT2D eigenvalue weighted by molar-refractivity contribution is 5.67. The molecule has 1 aliphatic heterocycles. The fourth-order valence-corrected chi connectivity index (χ4v) is 2.62. The van der Waals surface area contributed by atoms with Crippen LogP contribution in [0.25, 0.3) is 0 Å². The number of carbonyl (C=O) groups is 1. The first kappa shape index (κ1) is 16.4. The molecule has 0 radical (unpaired) electrons. The van der Waals surface area contributed by atoms with Crippen LogP contribution in [0, 0.1) is 0 Å². The minimum atomic E-state index is -0.221. The van der Waals surface area contributed by atoms with Gasteiger partial charge in [-0.3, -0.25) is 4.90 Å². The highest BCUT2D eigenvalue weighted by atomic mass is 16.6. The van der Waals surface area contributed by atoms with E-state index in [9.17, 15) is 4.79 Å². The number of rotatable bonds is 5. The SMILES string of the molecule is CCOC(=O)N1CCN(Cc2cccc(OC)c2OC)CC1. The minimum absolute atomic E-state index is 0.221. The molecular formula is C16H24N2O4. The third-order valence-electron chi connectivity index (χ3n) is 3.78. The molecule has 1 aromatic carbocycles. The Kier molecular flexibility index (Phi) is 5.89. The lowest BCUT2D eigenvalue weighted by Gasteiger charge is -2.34. The second-order valence-corrected chi connectivity index (χ2v) is 5.11. The van der Waals surface area contributed by atoms with Crippen molar-refractivity contribution in [3.05, 3.63) is 23.8 Å². The normalized spacial score (nSPS) is 15.5. The van der Waals surface area contributed by atoms with E-state index < -0.39 is 0 Å². The Morgan fingerprint density at radius 1 is 1.14 bits per heavy atom. The second-order valence-electron chi connectivity index (χ2n) is 5.11. The van der Waals surface area contributed by atoms with Crippen LogP contribution < -0.4 is 9.47 Å². The van der Waals surface area contributed by atoms with Gasteiger partial charge in [-0.25, -0.2) is 4.79 Å². The van der Waals surface area contributed by atoms with Crippen molar-refractivity contribution in [3.8, 4) is 11.5 Å². The number of piperazine rings is 1. The van der Waals surface area contributed by atoms with Gasteiger partial charge >= 0.3 is 6.09 Å². The van der Waals surface area contributed by atoms with Gasteiger partial charge in [-0.15, -0.1) is 0 Å². The smallest absolute Gasteiger partial charge is 0.409 e. The summed E-state index contributed by atoms with van der Waals surface area (Å²) in [5.74, 6) is 1.52. The van der Waals surface area contributed by atoms with Crippen LogP contribution in [0.5, 0.6) is 11.5 Å². The monoisotopic (exact) mass is 308 g/mol. The number of carbonyl (C=O) groups excluding carboxylic acids is 1. The van der Waals surface area contributed by atoms with Crippen molar-refractivity contribution in [2.45, 2.75) is 13.5 Å². The Balaban J connectivity index is 1.95. The molecule has 1 amide bonds. The predicted molar refractivity (Wildman–Crippen MR) is 83.4 cm³/mol. The van der Waals surface area contributed by atoms with E-state index in [1.54, 1.807) is 19.1 Å². The molecule has 0 unspecified atom stereocenters. The van der Waals surface area contributed by atoms with Crippen LogP contribution in [-0.2, 0) is 11.3 Å². The van der Waals surface area contributed by atoms with Crippen LogP contribution in [0.2, 0.25) is 0 Å².